The average Bonchev–Trinajstić information content (AvgIpc) is 2.96. The number of hydrogen-bond acceptors (Lipinski definition) is 6. The van der Waals surface area contributed by atoms with Crippen molar-refractivity contribution < 1.29 is 9.26 Å². The second-order valence-corrected chi connectivity index (χ2v) is 5.97. The standard InChI is InChI=1S/C16H17N4O2/c1-16(2,3)13-8-14(22-20-13)19-15-11-6-5-10(21-4)7-12(11)17-9-18-15/h6-9H,1-4H3,(H,17,18,19). The van der Waals surface area contributed by atoms with Crippen LogP contribution in [0.15, 0.2) is 29.0 Å². The van der Waals surface area contributed by atoms with Crippen LogP contribution < -0.4 is 10.1 Å². The number of methoxy groups -OCH3 is 1. The Hall–Kier alpha value is -2.63. The summed E-state index contributed by atoms with van der Waals surface area (Å²) in [6.45, 7) is 6.24. The second kappa shape index (κ2) is 5.29. The Morgan fingerprint density at radius 2 is 2.05 bits per heavy atom. The van der Waals surface area contributed by atoms with Gasteiger partial charge in [-0.3, -0.25) is 0 Å². The summed E-state index contributed by atoms with van der Waals surface area (Å²) in [6.07, 6.45) is 1.49. The van der Waals surface area contributed by atoms with E-state index in [9.17, 15) is 0 Å². The molecule has 0 aliphatic carbocycles. The van der Waals surface area contributed by atoms with Crippen LogP contribution in [0, 0.1) is 6.07 Å². The van der Waals surface area contributed by atoms with Gasteiger partial charge in [0.15, 0.2) is 0 Å². The molecule has 22 heavy (non-hydrogen) atoms. The van der Waals surface area contributed by atoms with Gasteiger partial charge < -0.3 is 14.6 Å². The van der Waals surface area contributed by atoms with E-state index in [1.807, 2.05) is 12.1 Å². The highest BCUT2D eigenvalue weighted by atomic mass is 16.5. The number of anilines is 2. The van der Waals surface area contributed by atoms with Crippen molar-refractivity contribution in [2.24, 2.45) is 0 Å². The van der Waals surface area contributed by atoms with Gasteiger partial charge in [-0.05, 0) is 6.07 Å². The first-order chi connectivity index (χ1) is 10.5. The Morgan fingerprint density at radius 1 is 1.23 bits per heavy atom. The molecule has 0 atom stereocenters. The lowest BCUT2D eigenvalue weighted by atomic mass is 9.92. The average molecular weight is 297 g/mol. The summed E-state index contributed by atoms with van der Waals surface area (Å²) in [5.74, 6) is 1.81. The molecule has 0 saturated heterocycles. The number of hydrogen-bond donors (Lipinski definition) is 1. The molecule has 0 amide bonds. The molecule has 1 radical (unpaired) electrons. The third-order valence-corrected chi connectivity index (χ3v) is 3.28. The largest absolute Gasteiger partial charge is 0.496 e. The molecule has 0 unspecified atom stereocenters. The first-order valence-corrected chi connectivity index (χ1v) is 6.92. The Kier molecular flexibility index (Phi) is 3.44. The van der Waals surface area contributed by atoms with E-state index < -0.39 is 0 Å². The monoisotopic (exact) mass is 297 g/mol. The predicted molar refractivity (Wildman–Crippen MR) is 83.4 cm³/mol. The van der Waals surface area contributed by atoms with Crippen molar-refractivity contribution in [2.75, 3.05) is 12.4 Å². The summed E-state index contributed by atoms with van der Waals surface area (Å²) in [5.41, 5.74) is 1.57. The SMILES string of the molecule is COc1[c]cc2c(Nc3cc(C(C)(C)C)no3)ncnc2c1. The van der Waals surface area contributed by atoms with Crippen LogP contribution >= 0.6 is 0 Å². The highest BCUT2D eigenvalue weighted by Crippen LogP contribution is 2.28. The molecule has 1 N–H and O–H groups in total. The molecule has 0 spiro atoms. The van der Waals surface area contributed by atoms with Gasteiger partial charge in [0.05, 0.1) is 18.3 Å². The van der Waals surface area contributed by atoms with Crippen molar-refractivity contribution in [1.29, 1.82) is 0 Å². The number of ether oxygens (including phenoxy) is 1. The molecular formula is C16H17N4O2. The fourth-order valence-electron chi connectivity index (χ4n) is 2.00. The van der Waals surface area contributed by atoms with Gasteiger partial charge in [0.2, 0.25) is 5.88 Å². The van der Waals surface area contributed by atoms with Gasteiger partial charge in [0.1, 0.15) is 17.9 Å². The second-order valence-electron chi connectivity index (χ2n) is 5.97. The first-order valence-electron chi connectivity index (χ1n) is 6.92. The maximum absolute atomic E-state index is 5.33. The zero-order valence-corrected chi connectivity index (χ0v) is 13.0. The maximum Gasteiger partial charge on any atom is 0.230 e. The van der Waals surface area contributed by atoms with Gasteiger partial charge in [0.25, 0.3) is 0 Å². The van der Waals surface area contributed by atoms with Crippen LogP contribution in [0.2, 0.25) is 0 Å². The number of fused-ring (bicyclic) bond motifs is 1. The van der Waals surface area contributed by atoms with Gasteiger partial charge in [-0.1, -0.05) is 25.9 Å². The predicted octanol–water partition coefficient (Wildman–Crippen LogP) is 3.47. The maximum atomic E-state index is 5.33. The molecule has 3 rings (SSSR count). The molecular weight excluding hydrogens is 280 g/mol. The van der Waals surface area contributed by atoms with Crippen molar-refractivity contribution in [2.45, 2.75) is 26.2 Å². The topological polar surface area (TPSA) is 73.1 Å². The van der Waals surface area contributed by atoms with E-state index in [0.29, 0.717) is 17.5 Å². The number of nitrogens with one attached hydrogen (secondary N) is 1. The van der Waals surface area contributed by atoms with Crippen LogP contribution in [-0.2, 0) is 5.41 Å². The Bertz CT molecular complexity index is 805. The molecule has 3 aromatic rings. The lowest BCUT2D eigenvalue weighted by Crippen LogP contribution is -2.10. The van der Waals surface area contributed by atoms with Crippen LogP contribution in [-0.4, -0.2) is 22.2 Å². The Balaban J connectivity index is 1.95. The van der Waals surface area contributed by atoms with E-state index in [1.165, 1.54) is 6.33 Å². The number of rotatable bonds is 3. The summed E-state index contributed by atoms with van der Waals surface area (Å²) in [7, 11) is 1.60. The minimum Gasteiger partial charge on any atom is -0.496 e. The van der Waals surface area contributed by atoms with E-state index in [2.05, 4.69) is 47.3 Å². The summed E-state index contributed by atoms with van der Waals surface area (Å²) < 4.78 is 10.5. The van der Waals surface area contributed by atoms with Crippen LogP contribution in [0.25, 0.3) is 10.9 Å². The molecule has 0 aliphatic heterocycles. The lowest BCUT2D eigenvalue weighted by Gasteiger charge is -2.12. The van der Waals surface area contributed by atoms with Crippen LogP contribution in [0.5, 0.6) is 5.75 Å². The molecule has 2 aromatic heterocycles. The lowest BCUT2D eigenvalue weighted by molar-refractivity contribution is 0.404. The van der Waals surface area contributed by atoms with Gasteiger partial charge in [0, 0.05) is 29.0 Å². The summed E-state index contributed by atoms with van der Waals surface area (Å²) >= 11 is 0. The fourth-order valence-corrected chi connectivity index (χ4v) is 2.00. The molecule has 2 heterocycles. The fraction of sp³-hybridized carbons (Fsp3) is 0.312. The van der Waals surface area contributed by atoms with E-state index >= 15 is 0 Å². The van der Waals surface area contributed by atoms with Crippen molar-refractivity contribution in [3.8, 4) is 5.75 Å². The van der Waals surface area contributed by atoms with E-state index in [0.717, 1.165) is 16.6 Å². The molecule has 1 aromatic carbocycles. The third kappa shape index (κ3) is 2.72. The van der Waals surface area contributed by atoms with Crippen molar-refractivity contribution in [3.63, 3.8) is 0 Å². The minimum absolute atomic E-state index is 0.0711. The van der Waals surface area contributed by atoms with Crippen LogP contribution in [0.3, 0.4) is 0 Å². The van der Waals surface area contributed by atoms with E-state index in [1.54, 1.807) is 13.2 Å². The number of aromatic nitrogens is 3. The van der Waals surface area contributed by atoms with Crippen molar-refractivity contribution in [3.05, 3.63) is 36.3 Å². The summed E-state index contributed by atoms with van der Waals surface area (Å²) in [5, 5.41) is 8.05. The summed E-state index contributed by atoms with van der Waals surface area (Å²) in [6, 6.07) is 8.50. The molecule has 0 saturated carbocycles. The number of benzene rings is 1. The number of nitrogens with zero attached hydrogens (tertiary/aromatic N) is 3. The van der Waals surface area contributed by atoms with Crippen LogP contribution in [0.1, 0.15) is 26.5 Å². The molecule has 113 valence electrons. The third-order valence-electron chi connectivity index (χ3n) is 3.28. The first kappa shape index (κ1) is 14.3. The van der Waals surface area contributed by atoms with Crippen molar-refractivity contribution >= 4 is 22.6 Å². The zero-order valence-electron chi connectivity index (χ0n) is 13.0. The molecule has 6 heteroatoms. The zero-order chi connectivity index (χ0) is 15.7. The van der Waals surface area contributed by atoms with Gasteiger partial charge in [-0.2, -0.15) is 0 Å². The van der Waals surface area contributed by atoms with Gasteiger partial charge in [-0.25, -0.2) is 9.97 Å². The molecule has 0 bridgehead atoms. The van der Waals surface area contributed by atoms with Crippen molar-refractivity contribution in [1.82, 2.24) is 15.1 Å². The van der Waals surface area contributed by atoms with E-state index in [-0.39, 0.29) is 5.41 Å². The molecule has 0 fully saturated rings. The van der Waals surface area contributed by atoms with Gasteiger partial charge >= 0.3 is 0 Å². The Labute approximate surface area is 128 Å². The van der Waals surface area contributed by atoms with Gasteiger partial charge in [-0.15, -0.1) is 0 Å². The quantitative estimate of drug-likeness (QED) is 0.798. The normalized spacial score (nSPS) is 11.6. The smallest absolute Gasteiger partial charge is 0.230 e. The minimum atomic E-state index is -0.0711. The summed E-state index contributed by atoms with van der Waals surface area (Å²) in [4.78, 5) is 8.50. The van der Waals surface area contributed by atoms with E-state index in [4.69, 9.17) is 9.26 Å². The highest BCUT2D eigenvalue weighted by molar-refractivity contribution is 5.90. The highest BCUT2D eigenvalue weighted by Gasteiger charge is 2.19. The molecule has 6 nitrogen and oxygen atoms in total. The Morgan fingerprint density at radius 3 is 2.73 bits per heavy atom. The van der Waals surface area contributed by atoms with Crippen LogP contribution in [0.4, 0.5) is 11.7 Å². The molecule has 0 aliphatic rings.